The second kappa shape index (κ2) is 12.5. The van der Waals surface area contributed by atoms with Crippen molar-refractivity contribution < 1.29 is 18.9 Å². The van der Waals surface area contributed by atoms with Crippen LogP contribution >= 0.6 is 0 Å². The molecule has 9 nitrogen and oxygen atoms in total. The van der Waals surface area contributed by atoms with Crippen molar-refractivity contribution in [3.8, 4) is 0 Å². The highest BCUT2D eigenvalue weighted by Gasteiger charge is 2.48. The number of anilines is 2. The van der Waals surface area contributed by atoms with Gasteiger partial charge in [-0.25, -0.2) is 9.97 Å². The third kappa shape index (κ3) is 6.23. The molecule has 210 valence electrons. The molecule has 6 rings (SSSR count). The minimum atomic E-state index is -0.595. The normalized spacial score (nSPS) is 20.5. The lowest BCUT2D eigenvalue weighted by Gasteiger charge is -2.26. The van der Waals surface area contributed by atoms with Crippen molar-refractivity contribution in [2.24, 2.45) is 0 Å². The highest BCUT2D eigenvalue weighted by Crippen LogP contribution is 2.38. The zero-order valence-corrected chi connectivity index (χ0v) is 22.6. The van der Waals surface area contributed by atoms with Gasteiger partial charge in [0.05, 0.1) is 38.3 Å². The number of rotatable bonds is 11. The Kier molecular flexibility index (Phi) is 8.20. The Bertz CT molecular complexity index is 1550. The molecule has 0 unspecified atom stereocenters. The fourth-order valence-corrected chi connectivity index (χ4v) is 5.15. The molecule has 1 fully saturated rings. The van der Waals surface area contributed by atoms with Crippen molar-refractivity contribution in [2.45, 2.75) is 44.4 Å². The van der Waals surface area contributed by atoms with Crippen LogP contribution in [0, 0.1) is 0 Å². The molecule has 3 aromatic carbocycles. The lowest BCUT2D eigenvalue weighted by Crippen LogP contribution is -2.38. The molecule has 9 heteroatoms. The van der Waals surface area contributed by atoms with Crippen molar-refractivity contribution in [1.29, 1.82) is 0 Å². The second-order valence-corrected chi connectivity index (χ2v) is 10.0. The van der Waals surface area contributed by atoms with Gasteiger partial charge in [-0.3, -0.25) is 4.57 Å². The maximum Gasteiger partial charge on any atom is 0.165 e. The maximum absolute atomic E-state index is 6.67. The van der Waals surface area contributed by atoms with E-state index in [1.165, 1.54) is 0 Å². The first-order valence-corrected chi connectivity index (χ1v) is 13.6. The molecule has 0 radical (unpaired) electrons. The minimum Gasteiger partial charge on any atom is -0.384 e. The summed E-state index contributed by atoms with van der Waals surface area (Å²) in [7, 11) is 0. The van der Waals surface area contributed by atoms with E-state index in [1.807, 2.05) is 95.6 Å². The summed E-state index contributed by atoms with van der Waals surface area (Å²) in [6.07, 6.45) is -0.275. The molecule has 0 saturated carbocycles. The Morgan fingerprint density at radius 3 is 1.90 bits per heavy atom. The molecule has 3 heterocycles. The predicted octanol–water partition coefficient (Wildman–Crippen LogP) is 4.88. The molecule has 4 N–H and O–H groups in total. The Morgan fingerprint density at radius 1 is 0.732 bits per heavy atom. The van der Waals surface area contributed by atoms with E-state index in [2.05, 4.69) is 9.97 Å². The average molecular weight is 552 g/mol. The largest absolute Gasteiger partial charge is 0.384 e. The molecule has 0 spiro atoms. The van der Waals surface area contributed by atoms with Gasteiger partial charge in [-0.05, 0) is 16.7 Å². The van der Waals surface area contributed by atoms with Gasteiger partial charge in [0.25, 0.3) is 0 Å². The van der Waals surface area contributed by atoms with Crippen molar-refractivity contribution >= 4 is 22.7 Å². The molecule has 4 atom stereocenters. The third-order valence-corrected chi connectivity index (χ3v) is 7.12. The van der Waals surface area contributed by atoms with Crippen LogP contribution in [-0.4, -0.2) is 39.5 Å². The van der Waals surface area contributed by atoms with Crippen molar-refractivity contribution in [1.82, 2.24) is 14.5 Å². The number of imidazole rings is 1. The molecule has 1 aliphatic heterocycles. The number of pyridine rings is 1. The zero-order valence-electron chi connectivity index (χ0n) is 22.6. The summed E-state index contributed by atoms with van der Waals surface area (Å²) in [5.74, 6) is 0.578. The van der Waals surface area contributed by atoms with Gasteiger partial charge in [-0.2, -0.15) is 0 Å². The van der Waals surface area contributed by atoms with Crippen LogP contribution in [0.3, 0.4) is 0 Å². The van der Waals surface area contributed by atoms with E-state index in [-0.39, 0.29) is 5.82 Å². The summed E-state index contributed by atoms with van der Waals surface area (Å²) in [5.41, 5.74) is 16.7. The highest BCUT2D eigenvalue weighted by atomic mass is 16.6. The molecule has 1 aliphatic rings. The summed E-state index contributed by atoms with van der Waals surface area (Å²) in [5, 5.41) is 0. The van der Waals surface area contributed by atoms with Gasteiger partial charge in [-0.15, -0.1) is 0 Å². The van der Waals surface area contributed by atoms with Crippen LogP contribution in [0.25, 0.3) is 11.0 Å². The monoisotopic (exact) mass is 551 g/mol. The Labute approximate surface area is 238 Å². The van der Waals surface area contributed by atoms with Crippen molar-refractivity contribution in [3.05, 3.63) is 120 Å². The second-order valence-electron chi connectivity index (χ2n) is 10.0. The number of ether oxygens (including phenoxy) is 4. The van der Waals surface area contributed by atoms with Gasteiger partial charge < -0.3 is 30.4 Å². The van der Waals surface area contributed by atoms with E-state index in [0.29, 0.717) is 43.3 Å². The molecular formula is C32H33N5O4. The van der Waals surface area contributed by atoms with E-state index in [0.717, 1.165) is 16.7 Å². The Hall–Kier alpha value is -4.28. The van der Waals surface area contributed by atoms with Gasteiger partial charge in [0.15, 0.2) is 12.0 Å². The number of nitrogen functional groups attached to an aromatic ring is 2. The van der Waals surface area contributed by atoms with E-state index in [1.54, 1.807) is 12.4 Å². The summed E-state index contributed by atoms with van der Waals surface area (Å²) >= 11 is 0. The van der Waals surface area contributed by atoms with Crippen LogP contribution in [0.2, 0.25) is 0 Å². The standard InChI is InChI=1S/C32H33N5O4/c33-27-16-25-28(31(34)36-27)37(21-35-25)32-30(40-19-24-14-8-3-9-15-24)29(39-18-23-12-6-2-7-13-23)26(41-32)20-38-17-22-10-4-1-5-11-22/h1-16,21,26,29-30,32H,17-20H2,(H4,33,34,36)/t26-,29-,30+,32-/m1/s1. The van der Waals surface area contributed by atoms with Crippen LogP contribution in [0.5, 0.6) is 0 Å². The molecule has 2 aromatic heterocycles. The lowest BCUT2D eigenvalue weighted by molar-refractivity contribution is -0.0913. The van der Waals surface area contributed by atoms with Gasteiger partial charge in [0.1, 0.15) is 29.6 Å². The minimum absolute atomic E-state index is 0.272. The van der Waals surface area contributed by atoms with Crippen LogP contribution in [0.15, 0.2) is 103 Å². The lowest BCUT2D eigenvalue weighted by atomic mass is 10.1. The van der Waals surface area contributed by atoms with Crippen LogP contribution in [-0.2, 0) is 38.8 Å². The number of nitrogens with two attached hydrogens (primary N) is 2. The zero-order chi connectivity index (χ0) is 28.0. The molecule has 0 aliphatic carbocycles. The summed E-state index contributed by atoms with van der Waals surface area (Å²) < 4.78 is 27.8. The Balaban J connectivity index is 1.31. The van der Waals surface area contributed by atoms with Crippen LogP contribution in [0.1, 0.15) is 22.9 Å². The van der Waals surface area contributed by atoms with Crippen LogP contribution in [0.4, 0.5) is 11.6 Å². The van der Waals surface area contributed by atoms with Gasteiger partial charge in [0.2, 0.25) is 0 Å². The van der Waals surface area contributed by atoms with E-state index in [9.17, 15) is 0 Å². The fraction of sp³-hybridized carbons (Fsp3) is 0.250. The highest BCUT2D eigenvalue weighted by molar-refractivity contribution is 5.87. The molecule has 0 amide bonds. The number of aromatic nitrogens is 3. The average Bonchev–Trinajstić information content (AvgIpc) is 3.57. The topological polar surface area (TPSA) is 120 Å². The first-order chi connectivity index (χ1) is 20.2. The maximum atomic E-state index is 6.67. The van der Waals surface area contributed by atoms with E-state index >= 15 is 0 Å². The van der Waals surface area contributed by atoms with Gasteiger partial charge >= 0.3 is 0 Å². The SMILES string of the molecule is Nc1cc2ncn([C@@H]3O[C@H](COCc4ccccc4)[C@@H](OCc4ccccc4)[C@@H]3OCc3ccccc3)c2c(N)n1. The number of nitrogens with zero attached hydrogens (tertiary/aromatic N) is 3. The fourth-order valence-electron chi connectivity index (χ4n) is 5.15. The first-order valence-electron chi connectivity index (χ1n) is 13.6. The third-order valence-electron chi connectivity index (χ3n) is 7.12. The van der Waals surface area contributed by atoms with Crippen LogP contribution < -0.4 is 11.5 Å². The van der Waals surface area contributed by atoms with Gasteiger partial charge in [0, 0.05) is 6.07 Å². The molecule has 0 bridgehead atoms. The predicted molar refractivity (Wildman–Crippen MR) is 156 cm³/mol. The molecular weight excluding hydrogens is 518 g/mol. The number of hydrogen-bond donors (Lipinski definition) is 2. The quantitative estimate of drug-likeness (QED) is 0.238. The number of benzene rings is 3. The van der Waals surface area contributed by atoms with Crippen molar-refractivity contribution in [2.75, 3.05) is 18.1 Å². The van der Waals surface area contributed by atoms with Gasteiger partial charge in [-0.1, -0.05) is 91.0 Å². The van der Waals surface area contributed by atoms with E-state index < -0.39 is 24.5 Å². The molecule has 1 saturated heterocycles. The summed E-state index contributed by atoms with van der Waals surface area (Å²) in [4.78, 5) is 8.80. The van der Waals surface area contributed by atoms with Crippen molar-refractivity contribution in [3.63, 3.8) is 0 Å². The smallest absolute Gasteiger partial charge is 0.165 e. The number of fused-ring (bicyclic) bond motifs is 1. The first kappa shape index (κ1) is 26.9. The Morgan fingerprint density at radius 2 is 1.29 bits per heavy atom. The van der Waals surface area contributed by atoms with E-state index in [4.69, 9.17) is 30.4 Å². The summed E-state index contributed by atoms with van der Waals surface area (Å²) in [6.45, 7) is 1.54. The molecule has 41 heavy (non-hydrogen) atoms. The summed E-state index contributed by atoms with van der Waals surface area (Å²) in [6, 6.07) is 31.8. The molecule has 5 aromatic rings. The number of hydrogen-bond acceptors (Lipinski definition) is 8.